The van der Waals surface area contributed by atoms with Crippen LogP contribution in [0.1, 0.15) is 245 Å². The first-order valence-corrected chi connectivity index (χ1v) is 22.9. The fourth-order valence-electron chi connectivity index (χ4n) is 6.83. The van der Waals surface area contributed by atoms with Crippen LogP contribution >= 0.6 is 0 Å². The second kappa shape index (κ2) is 45.0. The minimum Gasteiger partial charge on any atom is -0.457 e. The minimum absolute atomic E-state index is 0.171. The van der Waals surface area contributed by atoms with Gasteiger partial charge in [-0.2, -0.15) is 0 Å². The zero-order chi connectivity index (χ0) is 37.0. The molecular formula is C47H90O4. The van der Waals surface area contributed by atoms with Gasteiger partial charge >= 0.3 is 5.97 Å². The summed E-state index contributed by atoms with van der Waals surface area (Å²) in [6, 6.07) is 0. The smallest absolute Gasteiger partial charge is 0.306 e. The lowest BCUT2D eigenvalue weighted by molar-refractivity contribution is -0.154. The molecule has 0 spiro atoms. The number of allylic oxidation sites excluding steroid dienone is 4. The van der Waals surface area contributed by atoms with Crippen molar-refractivity contribution in [3.8, 4) is 0 Å². The van der Waals surface area contributed by atoms with Crippen molar-refractivity contribution < 1.29 is 19.4 Å². The van der Waals surface area contributed by atoms with Gasteiger partial charge in [-0.3, -0.25) is 4.79 Å². The number of hydrogen-bond donors (Lipinski definition) is 1. The number of carbonyl (C=O) groups excluding carboxylic acids is 1. The van der Waals surface area contributed by atoms with Crippen LogP contribution in [-0.2, 0) is 14.3 Å². The Balaban J connectivity index is 3.37. The van der Waals surface area contributed by atoms with Gasteiger partial charge in [-0.15, -0.1) is 0 Å². The van der Waals surface area contributed by atoms with E-state index in [2.05, 4.69) is 38.2 Å². The molecule has 0 aromatic heterocycles. The van der Waals surface area contributed by atoms with Gasteiger partial charge in [-0.1, -0.05) is 218 Å². The summed E-state index contributed by atoms with van der Waals surface area (Å²) in [4.78, 5) is 12.2. The summed E-state index contributed by atoms with van der Waals surface area (Å²) < 4.78 is 11.2. The van der Waals surface area contributed by atoms with Crippen LogP contribution in [0.3, 0.4) is 0 Å². The number of esters is 1. The Morgan fingerprint density at radius 1 is 0.471 bits per heavy atom. The van der Waals surface area contributed by atoms with Crippen LogP contribution in [0.5, 0.6) is 0 Å². The van der Waals surface area contributed by atoms with E-state index in [1.807, 2.05) is 0 Å². The summed E-state index contributed by atoms with van der Waals surface area (Å²) in [5, 5.41) is 9.61. The van der Waals surface area contributed by atoms with Crippen LogP contribution in [0.15, 0.2) is 24.3 Å². The molecule has 0 bridgehead atoms. The van der Waals surface area contributed by atoms with Gasteiger partial charge in [0.25, 0.3) is 0 Å². The highest BCUT2D eigenvalue weighted by molar-refractivity contribution is 5.69. The van der Waals surface area contributed by atoms with Gasteiger partial charge in [0, 0.05) is 13.0 Å². The topological polar surface area (TPSA) is 55.8 Å². The molecule has 0 aliphatic rings. The maximum absolute atomic E-state index is 12.2. The maximum Gasteiger partial charge on any atom is 0.306 e. The van der Waals surface area contributed by atoms with Crippen molar-refractivity contribution in [2.75, 3.05) is 19.8 Å². The van der Waals surface area contributed by atoms with E-state index >= 15 is 0 Å². The van der Waals surface area contributed by atoms with Gasteiger partial charge in [0.15, 0.2) is 0 Å². The lowest BCUT2D eigenvalue weighted by atomic mass is 10.0. The average Bonchev–Trinajstić information content (AvgIpc) is 3.14. The molecule has 0 amide bonds. The third-order valence-electron chi connectivity index (χ3n) is 10.3. The molecule has 0 aliphatic carbocycles. The summed E-state index contributed by atoms with van der Waals surface area (Å²) >= 11 is 0. The van der Waals surface area contributed by atoms with Crippen molar-refractivity contribution in [3.63, 3.8) is 0 Å². The van der Waals surface area contributed by atoms with E-state index in [0.29, 0.717) is 19.6 Å². The van der Waals surface area contributed by atoms with Crippen molar-refractivity contribution in [2.24, 2.45) is 0 Å². The van der Waals surface area contributed by atoms with Crippen molar-refractivity contribution >= 4 is 5.97 Å². The molecule has 0 saturated heterocycles. The molecule has 0 rings (SSSR count). The molecule has 1 N–H and O–H groups in total. The molecule has 1 atom stereocenters. The number of ether oxygens (including phenoxy) is 2. The first-order chi connectivity index (χ1) is 25.2. The Morgan fingerprint density at radius 3 is 1.25 bits per heavy atom. The third-order valence-corrected chi connectivity index (χ3v) is 10.3. The molecule has 0 radical (unpaired) electrons. The average molecular weight is 719 g/mol. The highest BCUT2D eigenvalue weighted by atomic mass is 16.6. The van der Waals surface area contributed by atoms with E-state index in [-0.39, 0.29) is 12.6 Å². The van der Waals surface area contributed by atoms with Gasteiger partial charge < -0.3 is 14.6 Å². The van der Waals surface area contributed by atoms with Crippen LogP contribution in [0.4, 0.5) is 0 Å². The summed E-state index contributed by atoms with van der Waals surface area (Å²) in [5.41, 5.74) is 0. The molecule has 51 heavy (non-hydrogen) atoms. The number of unbranched alkanes of at least 4 members (excludes halogenated alkanes) is 31. The lowest BCUT2D eigenvalue weighted by Crippen LogP contribution is -2.27. The summed E-state index contributed by atoms with van der Waals surface area (Å²) in [6.45, 7) is 5.35. The maximum atomic E-state index is 12.2. The fourth-order valence-corrected chi connectivity index (χ4v) is 6.83. The van der Waals surface area contributed by atoms with Crippen LogP contribution in [0.2, 0.25) is 0 Å². The Labute approximate surface area is 319 Å². The zero-order valence-corrected chi connectivity index (χ0v) is 34.6. The van der Waals surface area contributed by atoms with Crippen molar-refractivity contribution in [1.29, 1.82) is 0 Å². The molecule has 0 heterocycles. The summed E-state index contributed by atoms with van der Waals surface area (Å²) in [6.07, 6.45) is 55.3. The molecule has 302 valence electrons. The van der Waals surface area contributed by atoms with Crippen LogP contribution in [-0.4, -0.2) is 37.0 Å². The molecule has 4 nitrogen and oxygen atoms in total. The normalized spacial score (nSPS) is 12.5. The van der Waals surface area contributed by atoms with E-state index in [9.17, 15) is 9.90 Å². The van der Waals surface area contributed by atoms with Gasteiger partial charge in [0.05, 0.1) is 13.2 Å². The Hall–Kier alpha value is -1.13. The van der Waals surface area contributed by atoms with Crippen LogP contribution in [0.25, 0.3) is 0 Å². The quantitative estimate of drug-likeness (QED) is 0.0387. The molecule has 0 saturated carbocycles. The molecule has 0 aliphatic heterocycles. The van der Waals surface area contributed by atoms with E-state index in [1.54, 1.807) is 0 Å². The standard InChI is InChI=1S/C47H90O4/c1-3-5-7-9-11-13-15-17-19-21-22-23-24-25-27-29-31-33-35-37-39-41-43-50-45-46(44-48)51-47(49)42-40-38-36-34-32-30-28-26-20-18-16-14-12-10-8-6-4-2/h12,14,18,20,46,48H,3-11,13,15-17,19,21-45H2,1-2H3/b14-12-,20-18-. The Bertz CT molecular complexity index is 717. The Kier molecular flexibility index (Phi) is 44.0. The molecular weight excluding hydrogens is 629 g/mol. The van der Waals surface area contributed by atoms with E-state index in [1.165, 1.54) is 199 Å². The molecule has 0 fully saturated rings. The zero-order valence-electron chi connectivity index (χ0n) is 34.6. The van der Waals surface area contributed by atoms with Gasteiger partial charge in [0.2, 0.25) is 0 Å². The third kappa shape index (κ3) is 43.2. The molecule has 1 unspecified atom stereocenters. The summed E-state index contributed by atoms with van der Waals surface area (Å²) in [7, 11) is 0. The minimum atomic E-state index is -0.534. The number of hydrogen-bond acceptors (Lipinski definition) is 4. The Morgan fingerprint density at radius 2 is 0.824 bits per heavy atom. The predicted molar refractivity (Wildman–Crippen MR) is 224 cm³/mol. The number of aliphatic hydroxyl groups is 1. The van der Waals surface area contributed by atoms with Gasteiger partial charge in [-0.25, -0.2) is 0 Å². The first-order valence-electron chi connectivity index (χ1n) is 22.9. The van der Waals surface area contributed by atoms with Crippen LogP contribution < -0.4 is 0 Å². The van der Waals surface area contributed by atoms with E-state index in [4.69, 9.17) is 9.47 Å². The van der Waals surface area contributed by atoms with Gasteiger partial charge in [-0.05, 0) is 44.9 Å². The van der Waals surface area contributed by atoms with E-state index < -0.39 is 6.10 Å². The van der Waals surface area contributed by atoms with E-state index in [0.717, 1.165) is 25.7 Å². The fraction of sp³-hybridized carbons (Fsp3) is 0.894. The first kappa shape index (κ1) is 49.9. The van der Waals surface area contributed by atoms with Crippen molar-refractivity contribution in [3.05, 3.63) is 24.3 Å². The molecule has 4 heteroatoms. The number of rotatable bonds is 43. The molecule has 0 aromatic carbocycles. The van der Waals surface area contributed by atoms with Crippen molar-refractivity contribution in [1.82, 2.24) is 0 Å². The van der Waals surface area contributed by atoms with Crippen LogP contribution in [0, 0.1) is 0 Å². The second-order valence-corrected chi connectivity index (χ2v) is 15.5. The number of aliphatic hydroxyl groups excluding tert-OH is 1. The number of carbonyl (C=O) groups is 1. The van der Waals surface area contributed by atoms with Crippen molar-refractivity contribution in [2.45, 2.75) is 251 Å². The summed E-state index contributed by atoms with van der Waals surface area (Å²) in [5.74, 6) is -0.204. The SMILES string of the molecule is CCCCC/C=C\C/C=C\CCCCCCCCCC(=O)OC(CO)COCCCCCCCCCCCCCCCCCCCCCCCC. The largest absolute Gasteiger partial charge is 0.457 e. The highest BCUT2D eigenvalue weighted by Crippen LogP contribution is 2.16. The predicted octanol–water partition coefficient (Wildman–Crippen LogP) is 15.1. The second-order valence-electron chi connectivity index (χ2n) is 15.5. The van der Waals surface area contributed by atoms with Gasteiger partial charge in [0.1, 0.15) is 6.10 Å². The highest BCUT2D eigenvalue weighted by Gasteiger charge is 2.13. The monoisotopic (exact) mass is 719 g/mol. The lowest BCUT2D eigenvalue weighted by Gasteiger charge is -2.16. The molecule has 0 aromatic rings.